The second kappa shape index (κ2) is 5.29. The zero-order valence-corrected chi connectivity index (χ0v) is 13.3. The molecule has 5 heteroatoms. The van der Waals surface area contributed by atoms with Gasteiger partial charge in [0, 0.05) is 5.39 Å². The molecule has 2 aromatic heterocycles. The smallest absolute Gasteiger partial charge is 0.152 e. The van der Waals surface area contributed by atoms with E-state index < -0.39 is 0 Å². The lowest BCUT2D eigenvalue weighted by molar-refractivity contribution is 0.492. The zero-order valence-electron chi connectivity index (χ0n) is 10.1. The lowest BCUT2D eigenvalue weighted by atomic mass is 10.1. The van der Waals surface area contributed by atoms with Gasteiger partial charge in [-0.15, -0.1) is 11.3 Å². The number of nitrogens with one attached hydrogen (secondary N) is 1. The Hall–Kier alpha value is -0.810. The molecule has 1 N–H and O–H groups in total. The molecular weight excluding hydrogens is 346 g/mol. The first-order chi connectivity index (χ1) is 9.19. The Bertz CT molecular complexity index is 721. The van der Waals surface area contributed by atoms with Gasteiger partial charge in [-0.3, -0.25) is 0 Å². The van der Waals surface area contributed by atoms with Gasteiger partial charge in [0.1, 0.15) is 5.76 Å². The third kappa shape index (κ3) is 2.46. The van der Waals surface area contributed by atoms with Gasteiger partial charge in [-0.25, -0.2) is 0 Å². The minimum atomic E-state index is 0.0333. The van der Waals surface area contributed by atoms with Gasteiger partial charge < -0.3 is 9.73 Å². The van der Waals surface area contributed by atoms with Crippen LogP contribution in [0.5, 0.6) is 0 Å². The summed E-state index contributed by atoms with van der Waals surface area (Å²) in [6.07, 6.45) is 0. The van der Waals surface area contributed by atoms with Gasteiger partial charge in [-0.2, -0.15) is 0 Å². The highest BCUT2D eigenvalue weighted by molar-refractivity contribution is 9.11. The maximum Gasteiger partial charge on any atom is 0.152 e. The molecule has 0 saturated carbocycles. The first-order valence-electron chi connectivity index (χ1n) is 5.78. The maximum atomic E-state index is 6.15. The van der Waals surface area contributed by atoms with Crippen molar-refractivity contribution in [1.82, 2.24) is 5.32 Å². The Morgan fingerprint density at radius 3 is 2.84 bits per heavy atom. The second-order valence-electron chi connectivity index (χ2n) is 4.21. The largest absolute Gasteiger partial charge is 0.457 e. The monoisotopic (exact) mass is 355 g/mol. The van der Waals surface area contributed by atoms with Crippen molar-refractivity contribution in [1.29, 1.82) is 0 Å². The molecule has 19 heavy (non-hydrogen) atoms. The van der Waals surface area contributed by atoms with Crippen LogP contribution in [-0.2, 0) is 0 Å². The number of benzene rings is 1. The van der Waals surface area contributed by atoms with Crippen LogP contribution in [0, 0.1) is 0 Å². The van der Waals surface area contributed by atoms with Gasteiger partial charge in [-0.05, 0) is 52.1 Å². The van der Waals surface area contributed by atoms with Crippen molar-refractivity contribution in [2.45, 2.75) is 6.04 Å². The third-order valence-electron chi connectivity index (χ3n) is 3.01. The minimum absolute atomic E-state index is 0.0333. The van der Waals surface area contributed by atoms with E-state index in [-0.39, 0.29) is 6.04 Å². The van der Waals surface area contributed by atoms with Gasteiger partial charge in [0.2, 0.25) is 0 Å². The molecule has 0 spiro atoms. The van der Waals surface area contributed by atoms with Crippen molar-refractivity contribution in [3.8, 4) is 0 Å². The quantitative estimate of drug-likeness (QED) is 0.696. The molecule has 1 aromatic carbocycles. The highest BCUT2D eigenvalue weighted by atomic mass is 79.9. The maximum absolute atomic E-state index is 6.15. The highest BCUT2D eigenvalue weighted by Gasteiger charge is 2.18. The van der Waals surface area contributed by atoms with Gasteiger partial charge in [0.25, 0.3) is 0 Å². The van der Waals surface area contributed by atoms with Crippen LogP contribution in [0.15, 0.2) is 43.9 Å². The summed E-state index contributed by atoms with van der Waals surface area (Å²) < 4.78 is 7.02. The molecule has 0 aliphatic rings. The molecule has 0 aliphatic carbocycles. The summed E-state index contributed by atoms with van der Waals surface area (Å²) in [7, 11) is 1.92. The molecule has 0 fully saturated rings. The number of fused-ring (bicyclic) bond motifs is 1. The molecule has 3 aromatic rings. The number of hydrogen-bond donors (Lipinski definition) is 1. The fourth-order valence-corrected chi connectivity index (χ4v) is 3.56. The predicted molar refractivity (Wildman–Crippen MR) is 84.1 cm³/mol. The zero-order chi connectivity index (χ0) is 13.4. The summed E-state index contributed by atoms with van der Waals surface area (Å²) in [6, 6.07) is 9.94. The average molecular weight is 357 g/mol. The molecule has 0 aliphatic heterocycles. The number of rotatable bonds is 3. The summed E-state index contributed by atoms with van der Waals surface area (Å²) in [5.41, 5.74) is 1.92. The van der Waals surface area contributed by atoms with E-state index >= 15 is 0 Å². The molecular formula is C14H11BrClNOS. The Morgan fingerprint density at radius 2 is 2.21 bits per heavy atom. The second-order valence-corrected chi connectivity index (χ2v) is 6.91. The fraction of sp³-hybridized carbons (Fsp3) is 0.143. The lowest BCUT2D eigenvalue weighted by Crippen LogP contribution is -2.16. The molecule has 0 bridgehead atoms. The SMILES string of the molecule is CNC(c1csc(Br)c1)c1cc2cccc(Cl)c2o1. The summed E-state index contributed by atoms with van der Waals surface area (Å²) in [5, 5.41) is 7.06. The van der Waals surface area contributed by atoms with E-state index in [2.05, 4.69) is 32.7 Å². The van der Waals surface area contributed by atoms with Crippen LogP contribution in [0.3, 0.4) is 0 Å². The Morgan fingerprint density at radius 1 is 1.37 bits per heavy atom. The van der Waals surface area contributed by atoms with E-state index in [1.54, 1.807) is 11.3 Å². The van der Waals surface area contributed by atoms with Crippen molar-refractivity contribution in [2.24, 2.45) is 0 Å². The van der Waals surface area contributed by atoms with Crippen LogP contribution in [0.2, 0.25) is 5.02 Å². The molecule has 1 atom stereocenters. The van der Waals surface area contributed by atoms with Crippen molar-refractivity contribution in [3.05, 3.63) is 55.8 Å². The number of thiophene rings is 1. The molecule has 2 nitrogen and oxygen atoms in total. The standard InChI is InChI=1S/C14H11BrClNOS/c1-17-13(9-6-12(15)19-7-9)11-5-8-3-2-4-10(16)14(8)18-11/h2-7,13,17H,1H3. The molecule has 3 rings (SSSR count). The average Bonchev–Trinajstić information content (AvgIpc) is 2.98. The lowest BCUT2D eigenvalue weighted by Gasteiger charge is -2.11. The summed E-state index contributed by atoms with van der Waals surface area (Å²) in [6.45, 7) is 0. The Labute approximate surface area is 128 Å². The van der Waals surface area contributed by atoms with E-state index in [1.807, 2.05) is 31.3 Å². The third-order valence-corrected chi connectivity index (χ3v) is 4.83. The molecule has 98 valence electrons. The number of para-hydroxylation sites is 1. The Kier molecular flexibility index (Phi) is 3.67. The fourth-order valence-electron chi connectivity index (χ4n) is 2.14. The van der Waals surface area contributed by atoms with E-state index in [0.29, 0.717) is 5.02 Å². The first kappa shape index (κ1) is 13.2. The number of hydrogen-bond acceptors (Lipinski definition) is 3. The highest BCUT2D eigenvalue weighted by Crippen LogP contribution is 2.34. The van der Waals surface area contributed by atoms with E-state index in [1.165, 1.54) is 5.56 Å². The van der Waals surface area contributed by atoms with Gasteiger partial charge in [-0.1, -0.05) is 23.7 Å². The van der Waals surface area contributed by atoms with E-state index in [4.69, 9.17) is 16.0 Å². The van der Waals surface area contributed by atoms with E-state index in [0.717, 1.165) is 20.5 Å². The van der Waals surface area contributed by atoms with Crippen LogP contribution in [0.1, 0.15) is 17.4 Å². The van der Waals surface area contributed by atoms with Crippen molar-refractivity contribution in [3.63, 3.8) is 0 Å². The molecule has 0 saturated heterocycles. The molecule has 1 unspecified atom stereocenters. The van der Waals surface area contributed by atoms with Crippen molar-refractivity contribution >= 4 is 49.8 Å². The molecule has 2 heterocycles. The van der Waals surface area contributed by atoms with Crippen LogP contribution in [0.4, 0.5) is 0 Å². The van der Waals surface area contributed by atoms with Gasteiger partial charge in [0.05, 0.1) is 14.9 Å². The minimum Gasteiger partial charge on any atom is -0.457 e. The summed E-state index contributed by atoms with van der Waals surface area (Å²) in [5.74, 6) is 0.871. The summed E-state index contributed by atoms with van der Waals surface area (Å²) >= 11 is 11.3. The van der Waals surface area contributed by atoms with Gasteiger partial charge >= 0.3 is 0 Å². The normalized spacial score (nSPS) is 13.0. The van der Waals surface area contributed by atoms with Crippen LogP contribution in [0.25, 0.3) is 11.0 Å². The van der Waals surface area contributed by atoms with Crippen molar-refractivity contribution < 1.29 is 4.42 Å². The van der Waals surface area contributed by atoms with E-state index in [9.17, 15) is 0 Å². The predicted octanol–water partition coefficient (Wildman–Crippen LogP) is 5.22. The molecule has 0 radical (unpaired) electrons. The first-order valence-corrected chi connectivity index (χ1v) is 7.83. The molecule has 0 amide bonds. The van der Waals surface area contributed by atoms with Crippen LogP contribution >= 0.6 is 38.9 Å². The van der Waals surface area contributed by atoms with Crippen molar-refractivity contribution in [2.75, 3.05) is 7.05 Å². The Balaban J connectivity index is 2.09. The summed E-state index contributed by atoms with van der Waals surface area (Å²) in [4.78, 5) is 0. The van der Waals surface area contributed by atoms with Crippen LogP contribution in [-0.4, -0.2) is 7.05 Å². The topological polar surface area (TPSA) is 25.2 Å². The number of halogens is 2. The number of furan rings is 1. The van der Waals surface area contributed by atoms with Crippen LogP contribution < -0.4 is 5.32 Å². The van der Waals surface area contributed by atoms with Gasteiger partial charge in [0.15, 0.2) is 5.58 Å².